The van der Waals surface area contributed by atoms with E-state index in [0.717, 1.165) is 17.2 Å². The first-order valence-electron chi connectivity index (χ1n) is 4.86. The van der Waals surface area contributed by atoms with Crippen molar-refractivity contribution in [1.29, 1.82) is 0 Å². The van der Waals surface area contributed by atoms with Crippen LogP contribution in [0.15, 0.2) is 24.3 Å². The quantitative estimate of drug-likeness (QED) is 0.738. The van der Waals surface area contributed by atoms with Crippen molar-refractivity contribution in [2.24, 2.45) is 0 Å². The molecule has 1 fully saturated rings. The number of aromatic nitrogens is 1. The van der Waals surface area contributed by atoms with Gasteiger partial charge in [0.25, 0.3) is 0 Å². The standard InChI is InChI=1S/C11H11ClN2/c12-11-10(9-5-6-13-9)7-3-1-2-4-8(7)14-11/h1-4,9,13-14H,5-6H2/t9-/m1/s1. The summed E-state index contributed by atoms with van der Waals surface area (Å²) in [5, 5.41) is 5.40. The van der Waals surface area contributed by atoms with Crippen molar-refractivity contribution in [2.45, 2.75) is 12.5 Å². The van der Waals surface area contributed by atoms with Crippen LogP contribution in [-0.4, -0.2) is 11.5 Å². The van der Waals surface area contributed by atoms with Gasteiger partial charge in [-0.05, 0) is 19.0 Å². The summed E-state index contributed by atoms with van der Waals surface area (Å²) in [5.74, 6) is 0. The molecule has 0 saturated carbocycles. The van der Waals surface area contributed by atoms with E-state index in [2.05, 4.69) is 28.5 Å². The molecule has 2 N–H and O–H groups in total. The molecule has 1 atom stereocenters. The van der Waals surface area contributed by atoms with Crippen molar-refractivity contribution in [3.8, 4) is 0 Å². The van der Waals surface area contributed by atoms with Crippen LogP contribution >= 0.6 is 11.6 Å². The molecule has 0 unspecified atom stereocenters. The fraction of sp³-hybridized carbons (Fsp3) is 0.273. The van der Waals surface area contributed by atoms with Crippen LogP contribution < -0.4 is 5.32 Å². The van der Waals surface area contributed by atoms with Gasteiger partial charge in [-0.2, -0.15) is 0 Å². The third-order valence-electron chi connectivity index (χ3n) is 2.87. The maximum absolute atomic E-state index is 6.18. The Morgan fingerprint density at radius 3 is 2.79 bits per heavy atom. The molecule has 0 spiro atoms. The van der Waals surface area contributed by atoms with Crippen molar-refractivity contribution >= 4 is 22.5 Å². The van der Waals surface area contributed by atoms with Crippen LogP contribution in [0.1, 0.15) is 18.0 Å². The molecular weight excluding hydrogens is 196 g/mol. The lowest BCUT2D eigenvalue weighted by molar-refractivity contribution is 0.386. The van der Waals surface area contributed by atoms with Gasteiger partial charge in [0.15, 0.2) is 0 Å². The normalized spacial score (nSPS) is 21.1. The predicted octanol–water partition coefficient (Wildman–Crippen LogP) is 2.86. The largest absolute Gasteiger partial charge is 0.345 e. The molecule has 3 rings (SSSR count). The van der Waals surface area contributed by atoms with Gasteiger partial charge in [0.1, 0.15) is 5.15 Å². The van der Waals surface area contributed by atoms with E-state index >= 15 is 0 Å². The van der Waals surface area contributed by atoms with Crippen LogP contribution in [-0.2, 0) is 0 Å². The number of aromatic amines is 1. The van der Waals surface area contributed by atoms with E-state index in [9.17, 15) is 0 Å². The minimum absolute atomic E-state index is 0.443. The molecule has 1 aromatic carbocycles. The van der Waals surface area contributed by atoms with Gasteiger partial charge in [-0.25, -0.2) is 0 Å². The maximum atomic E-state index is 6.18. The summed E-state index contributed by atoms with van der Waals surface area (Å²) in [5.41, 5.74) is 2.36. The SMILES string of the molecule is Clc1[nH]c2ccccc2c1[C@H]1CCN1. The molecule has 1 saturated heterocycles. The third-order valence-corrected chi connectivity index (χ3v) is 3.17. The highest BCUT2D eigenvalue weighted by Crippen LogP contribution is 2.35. The Bertz CT molecular complexity index is 471. The number of fused-ring (bicyclic) bond motifs is 1. The topological polar surface area (TPSA) is 27.8 Å². The number of nitrogens with one attached hydrogen (secondary N) is 2. The summed E-state index contributed by atoms with van der Waals surface area (Å²) in [4.78, 5) is 3.20. The highest BCUT2D eigenvalue weighted by Gasteiger charge is 2.24. The van der Waals surface area contributed by atoms with E-state index in [0.29, 0.717) is 6.04 Å². The highest BCUT2D eigenvalue weighted by atomic mass is 35.5. The zero-order valence-electron chi connectivity index (χ0n) is 7.68. The van der Waals surface area contributed by atoms with E-state index in [-0.39, 0.29) is 0 Å². The van der Waals surface area contributed by atoms with Gasteiger partial charge < -0.3 is 10.3 Å². The number of H-pyrrole nitrogens is 1. The Hall–Kier alpha value is -0.990. The molecule has 1 aliphatic heterocycles. The first kappa shape index (κ1) is 8.33. The number of halogens is 1. The number of para-hydroxylation sites is 1. The number of hydrogen-bond donors (Lipinski definition) is 2. The summed E-state index contributed by atoms with van der Waals surface area (Å²) >= 11 is 6.18. The van der Waals surface area contributed by atoms with E-state index < -0.39 is 0 Å². The summed E-state index contributed by atoms with van der Waals surface area (Å²) < 4.78 is 0. The van der Waals surface area contributed by atoms with Gasteiger partial charge >= 0.3 is 0 Å². The molecule has 0 aliphatic carbocycles. The van der Waals surface area contributed by atoms with Crippen LogP contribution in [0, 0.1) is 0 Å². The van der Waals surface area contributed by atoms with Crippen molar-refractivity contribution in [2.75, 3.05) is 6.54 Å². The number of benzene rings is 1. The van der Waals surface area contributed by atoms with Crippen molar-refractivity contribution in [3.05, 3.63) is 35.0 Å². The molecule has 1 aromatic heterocycles. The molecule has 0 bridgehead atoms. The first-order chi connectivity index (χ1) is 6.86. The molecule has 2 nitrogen and oxygen atoms in total. The number of hydrogen-bond acceptors (Lipinski definition) is 1. The lowest BCUT2D eigenvalue weighted by Crippen LogP contribution is -2.34. The van der Waals surface area contributed by atoms with Crippen LogP contribution in [0.3, 0.4) is 0 Å². The van der Waals surface area contributed by atoms with E-state index in [1.807, 2.05) is 6.07 Å². The van der Waals surface area contributed by atoms with Gasteiger partial charge in [0, 0.05) is 22.5 Å². The van der Waals surface area contributed by atoms with Gasteiger partial charge in [-0.3, -0.25) is 0 Å². The van der Waals surface area contributed by atoms with E-state index in [1.54, 1.807) is 0 Å². The fourth-order valence-corrected chi connectivity index (χ4v) is 2.34. The Labute approximate surface area is 87.3 Å². The highest BCUT2D eigenvalue weighted by molar-refractivity contribution is 6.31. The van der Waals surface area contributed by atoms with Crippen molar-refractivity contribution < 1.29 is 0 Å². The fourth-order valence-electron chi connectivity index (χ4n) is 2.01. The second-order valence-electron chi connectivity index (χ2n) is 3.69. The Morgan fingerprint density at radius 1 is 1.29 bits per heavy atom. The average Bonchev–Trinajstić information content (AvgIpc) is 2.41. The molecule has 14 heavy (non-hydrogen) atoms. The molecule has 0 amide bonds. The Morgan fingerprint density at radius 2 is 2.07 bits per heavy atom. The molecule has 3 heteroatoms. The first-order valence-corrected chi connectivity index (χ1v) is 5.23. The second-order valence-corrected chi connectivity index (χ2v) is 4.07. The smallest absolute Gasteiger partial charge is 0.112 e. The monoisotopic (exact) mass is 206 g/mol. The third kappa shape index (κ3) is 1.08. The average molecular weight is 207 g/mol. The second kappa shape index (κ2) is 3.01. The van der Waals surface area contributed by atoms with Crippen LogP contribution in [0.4, 0.5) is 0 Å². The molecular formula is C11H11ClN2. The lowest BCUT2D eigenvalue weighted by atomic mass is 9.97. The molecule has 2 heterocycles. The molecule has 2 aromatic rings. The van der Waals surface area contributed by atoms with Crippen molar-refractivity contribution in [1.82, 2.24) is 10.3 Å². The van der Waals surface area contributed by atoms with E-state index in [1.165, 1.54) is 17.4 Å². The molecule has 1 aliphatic rings. The van der Waals surface area contributed by atoms with Crippen molar-refractivity contribution in [3.63, 3.8) is 0 Å². The van der Waals surface area contributed by atoms with Crippen LogP contribution in [0.5, 0.6) is 0 Å². The predicted molar refractivity (Wildman–Crippen MR) is 58.7 cm³/mol. The van der Waals surface area contributed by atoms with Gasteiger partial charge in [0.05, 0.1) is 0 Å². The Kier molecular flexibility index (Phi) is 1.79. The summed E-state index contributed by atoms with van der Waals surface area (Å²) in [6.07, 6.45) is 1.18. The van der Waals surface area contributed by atoms with Gasteiger partial charge in [-0.1, -0.05) is 29.8 Å². The minimum Gasteiger partial charge on any atom is -0.345 e. The summed E-state index contributed by atoms with van der Waals surface area (Å²) in [6.45, 7) is 1.10. The zero-order chi connectivity index (χ0) is 9.54. The maximum Gasteiger partial charge on any atom is 0.112 e. The zero-order valence-corrected chi connectivity index (χ0v) is 8.43. The van der Waals surface area contributed by atoms with Gasteiger partial charge in [0.2, 0.25) is 0 Å². The Balaban J connectivity index is 2.24. The van der Waals surface area contributed by atoms with E-state index in [4.69, 9.17) is 11.6 Å². The summed E-state index contributed by atoms with van der Waals surface area (Å²) in [6, 6.07) is 8.69. The molecule has 72 valence electrons. The molecule has 0 radical (unpaired) electrons. The van der Waals surface area contributed by atoms with Crippen LogP contribution in [0.25, 0.3) is 10.9 Å². The number of rotatable bonds is 1. The lowest BCUT2D eigenvalue weighted by Gasteiger charge is -2.27. The van der Waals surface area contributed by atoms with Crippen LogP contribution in [0.2, 0.25) is 5.15 Å². The van der Waals surface area contributed by atoms with Gasteiger partial charge in [-0.15, -0.1) is 0 Å². The summed E-state index contributed by atoms with van der Waals surface area (Å²) in [7, 11) is 0. The minimum atomic E-state index is 0.443.